The Kier molecular flexibility index (Phi) is 9.80. The number of nitrogens with one attached hydrogen (secondary N) is 1. The van der Waals surface area contributed by atoms with Crippen LogP contribution in [0.3, 0.4) is 0 Å². The zero-order chi connectivity index (χ0) is 33.8. The van der Waals surface area contributed by atoms with Crippen LogP contribution in [0.1, 0.15) is 42.0 Å². The summed E-state index contributed by atoms with van der Waals surface area (Å²) in [5, 5.41) is 19.7. The highest BCUT2D eigenvalue weighted by Crippen LogP contribution is 2.37. The minimum Gasteiger partial charge on any atom is -0.496 e. The van der Waals surface area contributed by atoms with Gasteiger partial charge in [-0.1, -0.05) is 44.2 Å². The van der Waals surface area contributed by atoms with Crippen molar-refractivity contribution in [1.29, 1.82) is 0 Å². The van der Waals surface area contributed by atoms with E-state index in [1.165, 1.54) is 17.0 Å². The van der Waals surface area contributed by atoms with Crippen molar-refractivity contribution < 1.29 is 19.2 Å². The van der Waals surface area contributed by atoms with E-state index in [0.717, 1.165) is 22.4 Å². The molecular formula is C35H32BrN5O6. The van der Waals surface area contributed by atoms with Crippen molar-refractivity contribution in [3.8, 4) is 22.9 Å². The number of carbonyl (C=O) groups is 1. The molecule has 0 saturated carbocycles. The summed E-state index contributed by atoms with van der Waals surface area (Å²) in [6.45, 7) is 7.39. The zero-order valence-electron chi connectivity index (χ0n) is 26.4. The second kappa shape index (κ2) is 14.0. The van der Waals surface area contributed by atoms with Gasteiger partial charge in [-0.05, 0) is 88.8 Å². The molecule has 12 heteroatoms. The number of amides is 1. The second-order valence-corrected chi connectivity index (χ2v) is 12.0. The fourth-order valence-corrected chi connectivity index (χ4v) is 5.67. The largest absolute Gasteiger partial charge is 0.496 e. The van der Waals surface area contributed by atoms with Gasteiger partial charge in [-0.2, -0.15) is 9.78 Å². The minimum atomic E-state index is -0.611. The van der Waals surface area contributed by atoms with Crippen LogP contribution in [0.25, 0.3) is 22.3 Å². The van der Waals surface area contributed by atoms with E-state index >= 15 is 0 Å². The first-order valence-electron chi connectivity index (χ1n) is 14.7. The molecule has 4 aromatic carbocycles. The summed E-state index contributed by atoms with van der Waals surface area (Å²) in [4.78, 5) is 42.7. The molecular weight excluding hydrogens is 666 g/mol. The molecule has 240 valence electrons. The standard InChI is InChI=1S/C35H32BrN5O6/c1-20(2)25-17-26(22(4)14-31(25)46-5)34-39-29-13-9-7-11-24(29)35(43)40(34)37-18-23-15-27(36)33(30(16-23)41(44)45)47-19-32(42)38-28-12-8-6-10-21(28)3/h6-18,20H,19H2,1-5H3,(H,38,42). The number of hydrogen-bond acceptors (Lipinski definition) is 8. The number of nitro benzene ring substituents is 1. The molecule has 1 heterocycles. The van der Waals surface area contributed by atoms with Gasteiger partial charge in [0.1, 0.15) is 5.75 Å². The van der Waals surface area contributed by atoms with Crippen molar-refractivity contribution in [2.45, 2.75) is 33.6 Å². The Balaban J connectivity index is 1.54. The lowest BCUT2D eigenvalue weighted by molar-refractivity contribution is -0.385. The smallest absolute Gasteiger partial charge is 0.312 e. The summed E-state index contributed by atoms with van der Waals surface area (Å²) in [5.41, 5.74) is 3.95. The Bertz CT molecular complexity index is 2110. The Hall–Kier alpha value is -5.36. The monoisotopic (exact) mass is 697 g/mol. The van der Waals surface area contributed by atoms with Crippen LogP contribution in [0.15, 0.2) is 87.2 Å². The van der Waals surface area contributed by atoms with E-state index in [1.807, 2.05) is 52.0 Å². The number of carbonyl (C=O) groups excluding carboxylic acids is 1. The number of aryl methyl sites for hydroxylation is 2. The van der Waals surface area contributed by atoms with E-state index in [9.17, 15) is 19.7 Å². The highest BCUT2D eigenvalue weighted by Gasteiger charge is 2.22. The van der Waals surface area contributed by atoms with Crippen molar-refractivity contribution in [2.24, 2.45) is 5.10 Å². The Morgan fingerprint density at radius 2 is 1.81 bits per heavy atom. The third-order valence-electron chi connectivity index (χ3n) is 7.53. The normalized spacial score (nSPS) is 11.3. The average Bonchev–Trinajstić information content (AvgIpc) is 3.04. The third-order valence-corrected chi connectivity index (χ3v) is 8.11. The molecule has 0 fully saturated rings. The second-order valence-electron chi connectivity index (χ2n) is 11.1. The van der Waals surface area contributed by atoms with Gasteiger partial charge in [-0.3, -0.25) is 19.7 Å². The molecule has 0 aliphatic heterocycles. The number of methoxy groups -OCH3 is 1. The fourth-order valence-electron chi connectivity index (χ4n) is 5.09. The van der Waals surface area contributed by atoms with Crippen molar-refractivity contribution in [3.63, 3.8) is 0 Å². The molecule has 0 spiro atoms. The number of halogens is 1. The SMILES string of the molecule is COc1cc(C)c(-c2nc3ccccc3c(=O)n2N=Cc2cc(Br)c(OCC(=O)Nc3ccccc3C)c([N+](=O)[O-])c2)cc1C(C)C. The predicted octanol–water partition coefficient (Wildman–Crippen LogP) is 7.38. The molecule has 11 nitrogen and oxygen atoms in total. The van der Waals surface area contributed by atoms with E-state index in [0.29, 0.717) is 33.5 Å². The maximum absolute atomic E-state index is 13.8. The quantitative estimate of drug-likeness (QED) is 0.0913. The average molecular weight is 699 g/mol. The fraction of sp³-hybridized carbons (Fsp3) is 0.200. The van der Waals surface area contributed by atoms with Gasteiger partial charge in [0, 0.05) is 22.9 Å². The predicted molar refractivity (Wildman–Crippen MR) is 186 cm³/mol. The number of para-hydroxylation sites is 2. The first-order chi connectivity index (χ1) is 22.5. The molecule has 1 N–H and O–H groups in total. The van der Waals surface area contributed by atoms with Gasteiger partial charge in [0.15, 0.2) is 12.4 Å². The van der Waals surface area contributed by atoms with E-state index in [2.05, 4.69) is 26.3 Å². The van der Waals surface area contributed by atoms with Crippen LogP contribution >= 0.6 is 15.9 Å². The molecule has 0 saturated heterocycles. The van der Waals surface area contributed by atoms with E-state index < -0.39 is 23.0 Å². The van der Waals surface area contributed by atoms with Crippen molar-refractivity contribution in [1.82, 2.24) is 9.66 Å². The summed E-state index contributed by atoms with van der Waals surface area (Å²) in [6.07, 6.45) is 1.34. The Labute approximate surface area is 279 Å². The number of nitrogens with zero attached hydrogens (tertiary/aromatic N) is 4. The summed E-state index contributed by atoms with van der Waals surface area (Å²) in [7, 11) is 1.61. The van der Waals surface area contributed by atoms with Gasteiger partial charge < -0.3 is 14.8 Å². The molecule has 5 aromatic rings. The van der Waals surface area contributed by atoms with Crippen LogP contribution in [0.4, 0.5) is 11.4 Å². The lowest BCUT2D eigenvalue weighted by Crippen LogP contribution is -2.21. The molecule has 0 aliphatic carbocycles. The van der Waals surface area contributed by atoms with E-state index in [4.69, 9.17) is 14.5 Å². The van der Waals surface area contributed by atoms with E-state index in [-0.39, 0.29) is 21.8 Å². The number of ether oxygens (including phenoxy) is 2. The number of benzene rings is 4. The van der Waals surface area contributed by atoms with Crippen LogP contribution in [0.2, 0.25) is 0 Å². The van der Waals surface area contributed by atoms with Gasteiger partial charge in [-0.25, -0.2) is 4.98 Å². The van der Waals surface area contributed by atoms with Gasteiger partial charge in [0.25, 0.3) is 11.5 Å². The van der Waals surface area contributed by atoms with Gasteiger partial charge >= 0.3 is 5.69 Å². The lowest BCUT2D eigenvalue weighted by Gasteiger charge is -2.17. The molecule has 1 amide bonds. The summed E-state index contributed by atoms with van der Waals surface area (Å²) < 4.78 is 12.6. The summed E-state index contributed by atoms with van der Waals surface area (Å²) in [5.74, 6) is 0.566. The Morgan fingerprint density at radius 3 is 2.51 bits per heavy atom. The molecule has 0 atom stereocenters. The number of aromatic nitrogens is 2. The molecule has 1 aromatic heterocycles. The minimum absolute atomic E-state index is 0.118. The zero-order valence-corrected chi connectivity index (χ0v) is 28.0. The topological polar surface area (TPSA) is 138 Å². The number of fused-ring (bicyclic) bond motifs is 1. The van der Waals surface area contributed by atoms with Gasteiger partial charge in [-0.15, -0.1) is 0 Å². The summed E-state index contributed by atoms with van der Waals surface area (Å²) in [6, 6.07) is 20.9. The van der Waals surface area contributed by atoms with Gasteiger partial charge in [0.2, 0.25) is 5.75 Å². The van der Waals surface area contributed by atoms with Crippen molar-refractivity contribution in [2.75, 3.05) is 19.0 Å². The van der Waals surface area contributed by atoms with Gasteiger partial charge in [0.05, 0.1) is 33.6 Å². The van der Waals surface area contributed by atoms with Crippen LogP contribution in [-0.2, 0) is 4.79 Å². The molecule has 0 radical (unpaired) electrons. The number of hydrogen-bond donors (Lipinski definition) is 1. The number of rotatable bonds is 10. The molecule has 47 heavy (non-hydrogen) atoms. The Morgan fingerprint density at radius 1 is 1.09 bits per heavy atom. The van der Waals surface area contributed by atoms with Crippen LogP contribution in [-0.4, -0.2) is 40.4 Å². The van der Waals surface area contributed by atoms with Crippen molar-refractivity contribution >= 4 is 50.3 Å². The first kappa shape index (κ1) is 33.0. The molecule has 0 aliphatic rings. The lowest BCUT2D eigenvalue weighted by atomic mass is 9.96. The van der Waals surface area contributed by atoms with Crippen LogP contribution in [0, 0.1) is 24.0 Å². The molecule has 0 unspecified atom stereocenters. The number of anilines is 1. The highest BCUT2D eigenvalue weighted by molar-refractivity contribution is 9.10. The maximum atomic E-state index is 13.8. The van der Waals surface area contributed by atoms with E-state index in [1.54, 1.807) is 49.6 Å². The third kappa shape index (κ3) is 7.07. The van der Waals surface area contributed by atoms with Crippen molar-refractivity contribution in [3.05, 3.63) is 120 Å². The van der Waals surface area contributed by atoms with Crippen LogP contribution < -0.4 is 20.3 Å². The summed E-state index contributed by atoms with van der Waals surface area (Å²) >= 11 is 3.35. The van der Waals surface area contributed by atoms with Crippen LogP contribution in [0.5, 0.6) is 11.5 Å². The molecule has 0 bridgehead atoms. The maximum Gasteiger partial charge on any atom is 0.312 e. The number of nitro groups is 1. The first-order valence-corrected chi connectivity index (χ1v) is 15.5. The molecule has 5 rings (SSSR count). The highest BCUT2D eigenvalue weighted by atomic mass is 79.9.